The van der Waals surface area contributed by atoms with Crippen LogP contribution in [0, 0.1) is 0 Å². The number of para-hydroxylation sites is 1. The fraction of sp³-hybridized carbons (Fsp3) is 0.286. The second kappa shape index (κ2) is 5.17. The molecule has 3 nitrogen and oxygen atoms in total. The Labute approximate surface area is 101 Å². The van der Waals surface area contributed by atoms with Crippen molar-refractivity contribution in [3.05, 3.63) is 48.2 Å². The first kappa shape index (κ1) is 11.9. The molecule has 0 radical (unpaired) electrons. The Kier molecular flexibility index (Phi) is 3.61. The summed E-state index contributed by atoms with van der Waals surface area (Å²) in [6, 6.07) is 8.10. The third-order valence-electron chi connectivity index (χ3n) is 2.95. The third-order valence-corrected chi connectivity index (χ3v) is 2.95. The molecule has 0 aliphatic heterocycles. The first-order valence-corrected chi connectivity index (χ1v) is 5.79. The van der Waals surface area contributed by atoms with Gasteiger partial charge in [0.2, 0.25) is 0 Å². The van der Waals surface area contributed by atoms with E-state index in [-0.39, 0.29) is 6.04 Å². The maximum atomic E-state index is 5.62. The maximum Gasteiger partial charge on any atom is 0.134 e. The first-order chi connectivity index (χ1) is 8.22. The monoisotopic (exact) mass is 230 g/mol. The molecule has 2 aromatic rings. The fourth-order valence-corrected chi connectivity index (χ4v) is 1.99. The lowest BCUT2D eigenvalue weighted by molar-refractivity contribution is 0.507. The zero-order chi connectivity index (χ0) is 12.3. The Morgan fingerprint density at radius 2 is 2.24 bits per heavy atom. The number of hydrogen-bond acceptors (Lipinski definition) is 3. The Hall–Kier alpha value is -1.58. The van der Waals surface area contributed by atoms with E-state index in [4.69, 9.17) is 10.3 Å². The molecule has 17 heavy (non-hydrogen) atoms. The zero-order valence-corrected chi connectivity index (χ0v) is 10.1. The molecule has 0 bridgehead atoms. The van der Waals surface area contributed by atoms with Crippen molar-refractivity contribution in [3.63, 3.8) is 0 Å². The second-order valence-electron chi connectivity index (χ2n) is 4.40. The van der Waals surface area contributed by atoms with Gasteiger partial charge in [0.1, 0.15) is 5.58 Å². The van der Waals surface area contributed by atoms with Crippen molar-refractivity contribution in [2.45, 2.75) is 25.8 Å². The molecule has 0 aliphatic rings. The predicted octanol–water partition coefficient (Wildman–Crippen LogP) is 3.29. The molecule has 0 saturated heterocycles. The van der Waals surface area contributed by atoms with E-state index in [9.17, 15) is 0 Å². The van der Waals surface area contributed by atoms with Crippen molar-refractivity contribution < 1.29 is 4.42 Å². The number of fused-ring (bicyclic) bond motifs is 1. The van der Waals surface area contributed by atoms with Crippen LogP contribution in [-0.2, 0) is 0 Å². The summed E-state index contributed by atoms with van der Waals surface area (Å²) in [5, 5.41) is 1.12. The SMILES string of the molecule is C=C(C)CCC(NN)c1coc2ccccc12. The Morgan fingerprint density at radius 1 is 1.47 bits per heavy atom. The highest BCUT2D eigenvalue weighted by Gasteiger charge is 2.15. The lowest BCUT2D eigenvalue weighted by Gasteiger charge is -2.14. The number of furan rings is 1. The van der Waals surface area contributed by atoms with Crippen molar-refractivity contribution >= 4 is 11.0 Å². The molecule has 0 saturated carbocycles. The summed E-state index contributed by atoms with van der Waals surface area (Å²) in [6.07, 6.45) is 3.66. The molecule has 2 rings (SSSR count). The smallest absolute Gasteiger partial charge is 0.134 e. The normalized spacial score (nSPS) is 12.8. The van der Waals surface area contributed by atoms with Gasteiger partial charge in [-0.1, -0.05) is 23.8 Å². The molecule has 0 aliphatic carbocycles. The van der Waals surface area contributed by atoms with E-state index in [2.05, 4.69) is 18.1 Å². The van der Waals surface area contributed by atoms with Crippen LogP contribution in [0.25, 0.3) is 11.0 Å². The minimum absolute atomic E-state index is 0.107. The van der Waals surface area contributed by atoms with Crippen molar-refractivity contribution in [1.82, 2.24) is 5.43 Å². The molecule has 0 amide bonds. The van der Waals surface area contributed by atoms with Crippen molar-refractivity contribution in [3.8, 4) is 0 Å². The van der Waals surface area contributed by atoms with Crippen LogP contribution >= 0.6 is 0 Å². The Balaban J connectivity index is 2.27. The highest BCUT2D eigenvalue weighted by atomic mass is 16.3. The Bertz CT molecular complexity index is 516. The highest BCUT2D eigenvalue weighted by Crippen LogP contribution is 2.28. The molecule has 1 aromatic heterocycles. The molecule has 1 heterocycles. The quantitative estimate of drug-likeness (QED) is 0.471. The largest absolute Gasteiger partial charge is 0.464 e. The predicted molar refractivity (Wildman–Crippen MR) is 70.3 cm³/mol. The summed E-state index contributed by atoms with van der Waals surface area (Å²) >= 11 is 0. The van der Waals surface area contributed by atoms with Gasteiger partial charge in [0.05, 0.1) is 12.3 Å². The summed E-state index contributed by atoms with van der Waals surface area (Å²) in [5.74, 6) is 5.62. The molecule has 3 heteroatoms. The number of nitrogens with one attached hydrogen (secondary N) is 1. The summed E-state index contributed by atoms with van der Waals surface area (Å²) < 4.78 is 5.52. The van der Waals surface area contributed by atoms with Crippen LogP contribution in [0.15, 0.2) is 47.1 Å². The molecular weight excluding hydrogens is 212 g/mol. The molecule has 0 fully saturated rings. The van der Waals surface area contributed by atoms with Gasteiger partial charge in [-0.15, -0.1) is 6.58 Å². The molecule has 3 N–H and O–H groups in total. The van der Waals surface area contributed by atoms with E-state index in [0.29, 0.717) is 0 Å². The number of benzene rings is 1. The molecule has 1 aromatic carbocycles. The number of hydrazine groups is 1. The van der Waals surface area contributed by atoms with Gasteiger partial charge in [0.25, 0.3) is 0 Å². The lowest BCUT2D eigenvalue weighted by atomic mass is 10.00. The summed E-state index contributed by atoms with van der Waals surface area (Å²) in [4.78, 5) is 0. The van der Waals surface area contributed by atoms with Gasteiger partial charge < -0.3 is 4.42 Å². The van der Waals surface area contributed by atoms with Crippen LogP contribution in [-0.4, -0.2) is 0 Å². The number of rotatable bonds is 5. The maximum absolute atomic E-state index is 5.62. The molecule has 1 unspecified atom stereocenters. The van der Waals surface area contributed by atoms with E-state index in [1.54, 1.807) is 6.26 Å². The van der Waals surface area contributed by atoms with Gasteiger partial charge in [-0.25, -0.2) is 0 Å². The number of hydrogen-bond donors (Lipinski definition) is 2. The molecule has 1 atom stereocenters. The Morgan fingerprint density at radius 3 is 2.94 bits per heavy atom. The standard InChI is InChI=1S/C14H18N2O/c1-10(2)7-8-13(16-15)12-9-17-14-6-4-3-5-11(12)14/h3-6,9,13,16H,1,7-8,15H2,2H3. The fourth-order valence-electron chi connectivity index (χ4n) is 1.99. The van der Waals surface area contributed by atoms with Gasteiger partial charge >= 0.3 is 0 Å². The average Bonchev–Trinajstić information content (AvgIpc) is 2.74. The number of nitrogens with two attached hydrogens (primary N) is 1. The van der Waals surface area contributed by atoms with Gasteiger partial charge in [-0.3, -0.25) is 11.3 Å². The van der Waals surface area contributed by atoms with Crippen LogP contribution in [0.1, 0.15) is 31.4 Å². The lowest BCUT2D eigenvalue weighted by Crippen LogP contribution is -2.27. The van der Waals surface area contributed by atoms with E-state index in [0.717, 1.165) is 34.9 Å². The van der Waals surface area contributed by atoms with Crippen LogP contribution in [0.5, 0.6) is 0 Å². The van der Waals surface area contributed by atoms with Crippen LogP contribution in [0.2, 0.25) is 0 Å². The highest BCUT2D eigenvalue weighted by molar-refractivity contribution is 5.81. The van der Waals surface area contributed by atoms with Gasteiger partial charge in [0, 0.05) is 10.9 Å². The van der Waals surface area contributed by atoms with E-state index >= 15 is 0 Å². The van der Waals surface area contributed by atoms with E-state index < -0.39 is 0 Å². The molecular formula is C14H18N2O. The van der Waals surface area contributed by atoms with Crippen LogP contribution < -0.4 is 11.3 Å². The van der Waals surface area contributed by atoms with Gasteiger partial charge in [-0.2, -0.15) is 0 Å². The van der Waals surface area contributed by atoms with Gasteiger partial charge in [-0.05, 0) is 25.8 Å². The molecule has 90 valence electrons. The van der Waals surface area contributed by atoms with Crippen molar-refractivity contribution in [2.75, 3.05) is 0 Å². The minimum atomic E-state index is 0.107. The first-order valence-electron chi connectivity index (χ1n) is 5.79. The van der Waals surface area contributed by atoms with E-state index in [1.165, 1.54) is 0 Å². The van der Waals surface area contributed by atoms with Crippen LogP contribution in [0.4, 0.5) is 0 Å². The molecule has 0 spiro atoms. The summed E-state index contributed by atoms with van der Waals surface area (Å²) in [7, 11) is 0. The zero-order valence-electron chi connectivity index (χ0n) is 10.1. The minimum Gasteiger partial charge on any atom is -0.464 e. The number of allylic oxidation sites excluding steroid dienone is 1. The van der Waals surface area contributed by atoms with Crippen molar-refractivity contribution in [2.24, 2.45) is 5.84 Å². The third kappa shape index (κ3) is 2.57. The topological polar surface area (TPSA) is 51.2 Å². The van der Waals surface area contributed by atoms with Crippen molar-refractivity contribution in [1.29, 1.82) is 0 Å². The van der Waals surface area contributed by atoms with Gasteiger partial charge in [0.15, 0.2) is 0 Å². The van der Waals surface area contributed by atoms with E-state index in [1.807, 2.05) is 25.1 Å². The average molecular weight is 230 g/mol. The van der Waals surface area contributed by atoms with Crippen LogP contribution in [0.3, 0.4) is 0 Å². The summed E-state index contributed by atoms with van der Waals surface area (Å²) in [6.45, 7) is 5.94. The second-order valence-corrected chi connectivity index (χ2v) is 4.40. The summed E-state index contributed by atoms with van der Waals surface area (Å²) in [5.41, 5.74) is 6.03.